The van der Waals surface area contributed by atoms with Crippen molar-refractivity contribution >= 4 is 6.16 Å². The van der Waals surface area contributed by atoms with Gasteiger partial charge in [-0.1, -0.05) is 0 Å². The van der Waals surface area contributed by atoms with Gasteiger partial charge in [-0.05, 0) is 6.08 Å². The third-order valence-corrected chi connectivity index (χ3v) is 0.882. The minimum atomic E-state index is -0.749. The fourth-order valence-electron chi connectivity index (χ4n) is 0.478. The summed E-state index contributed by atoms with van der Waals surface area (Å²) < 4.78 is 8.75. The first-order valence-electron chi connectivity index (χ1n) is 2.47. The summed E-state index contributed by atoms with van der Waals surface area (Å²) in [6.45, 7) is -0.0656. The molecule has 0 radical (unpaired) electrons. The number of hydrogen-bond donors (Lipinski definition) is 1. The molecule has 1 N–H and O–H groups in total. The molecule has 0 aliphatic carbocycles. The van der Waals surface area contributed by atoms with Crippen molar-refractivity contribution in [3.05, 3.63) is 11.8 Å². The minimum absolute atomic E-state index is 0.189. The molecule has 0 aromatic rings. The molecule has 0 spiro atoms. The molecule has 50 valence electrons. The average Bonchev–Trinajstić information content (AvgIpc) is 1.88. The lowest BCUT2D eigenvalue weighted by molar-refractivity contribution is 0.0628. The van der Waals surface area contributed by atoms with E-state index in [9.17, 15) is 4.79 Å². The van der Waals surface area contributed by atoms with Crippen LogP contribution in [0.1, 0.15) is 0 Å². The van der Waals surface area contributed by atoms with Gasteiger partial charge in [0.1, 0.15) is 19.0 Å². The van der Waals surface area contributed by atoms with E-state index in [0.717, 1.165) is 0 Å². The van der Waals surface area contributed by atoms with Crippen LogP contribution in [-0.4, -0.2) is 24.5 Å². The Hall–Kier alpha value is -1.03. The molecule has 9 heavy (non-hydrogen) atoms. The van der Waals surface area contributed by atoms with Crippen molar-refractivity contribution in [2.45, 2.75) is 0 Å². The second-order valence-electron chi connectivity index (χ2n) is 1.49. The van der Waals surface area contributed by atoms with Gasteiger partial charge in [0, 0.05) is 0 Å². The van der Waals surface area contributed by atoms with Crippen LogP contribution in [0.15, 0.2) is 11.8 Å². The first-order valence-corrected chi connectivity index (χ1v) is 2.47. The van der Waals surface area contributed by atoms with Gasteiger partial charge < -0.3 is 14.6 Å². The van der Waals surface area contributed by atoms with E-state index in [0.29, 0.717) is 0 Å². The summed E-state index contributed by atoms with van der Waals surface area (Å²) >= 11 is 0. The van der Waals surface area contributed by atoms with Crippen LogP contribution in [0.25, 0.3) is 0 Å². The quantitative estimate of drug-likeness (QED) is 0.509. The minimum Gasteiger partial charge on any atom is -0.430 e. The van der Waals surface area contributed by atoms with Gasteiger partial charge in [0.25, 0.3) is 0 Å². The highest BCUT2D eigenvalue weighted by molar-refractivity contribution is 5.62. The number of ether oxygens (including phenoxy) is 2. The summed E-state index contributed by atoms with van der Waals surface area (Å²) in [7, 11) is 0. The van der Waals surface area contributed by atoms with E-state index in [1.54, 1.807) is 0 Å². The molecule has 4 heteroatoms. The fourth-order valence-corrected chi connectivity index (χ4v) is 0.478. The molecule has 1 aliphatic rings. The van der Waals surface area contributed by atoms with E-state index < -0.39 is 6.16 Å². The van der Waals surface area contributed by atoms with Crippen molar-refractivity contribution in [2.24, 2.45) is 0 Å². The smallest absolute Gasteiger partial charge is 0.430 e. The van der Waals surface area contributed by atoms with E-state index in [4.69, 9.17) is 5.11 Å². The lowest BCUT2D eigenvalue weighted by Crippen LogP contribution is -2.15. The molecule has 1 heterocycles. The maximum absolute atomic E-state index is 10.2. The molecule has 0 saturated carbocycles. The zero-order valence-corrected chi connectivity index (χ0v) is 4.66. The topological polar surface area (TPSA) is 55.8 Å². The number of carbonyl (C=O) groups excluding carboxylic acids is 1. The molecule has 0 saturated heterocycles. The predicted octanol–water partition coefficient (Wildman–Crippen LogP) is 0.0294. The standard InChI is InChI=1S/C5H6O4/c6-3-4-1-2-8-5(7)9-4/h1,6H,2-3H2. The molecular formula is C5H6O4. The van der Waals surface area contributed by atoms with Crippen molar-refractivity contribution in [1.29, 1.82) is 0 Å². The summed E-state index contributed by atoms with van der Waals surface area (Å²) in [5, 5.41) is 8.41. The van der Waals surface area contributed by atoms with Gasteiger partial charge in [-0.25, -0.2) is 4.79 Å². The molecule has 0 fully saturated rings. The Morgan fingerprint density at radius 2 is 2.56 bits per heavy atom. The Bertz CT molecular complexity index is 149. The van der Waals surface area contributed by atoms with Crippen LogP contribution in [0.2, 0.25) is 0 Å². The van der Waals surface area contributed by atoms with Gasteiger partial charge >= 0.3 is 6.16 Å². The third-order valence-electron chi connectivity index (χ3n) is 0.882. The SMILES string of the molecule is O=C1OCC=C(CO)O1. The maximum Gasteiger partial charge on any atom is 0.513 e. The first-order chi connectivity index (χ1) is 4.33. The largest absolute Gasteiger partial charge is 0.513 e. The summed E-state index contributed by atoms with van der Waals surface area (Å²) in [6.07, 6.45) is 0.753. The highest BCUT2D eigenvalue weighted by Gasteiger charge is 2.11. The molecule has 0 unspecified atom stereocenters. The maximum atomic E-state index is 10.2. The van der Waals surface area contributed by atoms with Crippen LogP contribution < -0.4 is 0 Å². The number of aliphatic hydroxyl groups is 1. The van der Waals surface area contributed by atoms with E-state index in [2.05, 4.69) is 9.47 Å². The van der Waals surface area contributed by atoms with Gasteiger partial charge in [0.15, 0.2) is 0 Å². The molecular weight excluding hydrogens is 124 g/mol. The Morgan fingerprint density at radius 3 is 3.00 bits per heavy atom. The number of aliphatic hydroxyl groups excluding tert-OH is 1. The van der Waals surface area contributed by atoms with Gasteiger partial charge in [-0.3, -0.25) is 0 Å². The monoisotopic (exact) mass is 130 g/mol. The van der Waals surface area contributed by atoms with Gasteiger partial charge in [-0.15, -0.1) is 0 Å². The summed E-state index contributed by atoms with van der Waals surface area (Å²) in [5.74, 6) is 0.256. The summed E-state index contributed by atoms with van der Waals surface area (Å²) in [6, 6.07) is 0. The lowest BCUT2D eigenvalue weighted by atomic mass is 10.4. The zero-order valence-electron chi connectivity index (χ0n) is 4.66. The second-order valence-corrected chi connectivity index (χ2v) is 1.49. The molecule has 1 rings (SSSR count). The molecule has 0 bridgehead atoms. The van der Waals surface area contributed by atoms with Crippen LogP contribution in [0.4, 0.5) is 4.79 Å². The van der Waals surface area contributed by atoms with E-state index in [-0.39, 0.29) is 19.0 Å². The molecule has 0 aromatic carbocycles. The first kappa shape index (κ1) is 6.10. The normalized spacial score (nSPS) is 17.9. The predicted molar refractivity (Wildman–Crippen MR) is 27.6 cm³/mol. The van der Waals surface area contributed by atoms with Crippen molar-refractivity contribution < 1.29 is 19.4 Å². The number of rotatable bonds is 1. The van der Waals surface area contributed by atoms with Gasteiger partial charge in [-0.2, -0.15) is 0 Å². The fraction of sp³-hybridized carbons (Fsp3) is 0.400. The zero-order chi connectivity index (χ0) is 6.69. The summed E-state index contributed by atoms with van der Waals surface area (Å²) in [4.78, 5) is 10.2. The summed E-state index contributed by atoms with van der Waals surface area (Å²) in [5.41, 5.74) is 0. The van der Waals surface area contributed by atoms with Crippen molar-refractivity contribution in [2.75, 3.05) is 13.2 Å². The molecule has 4 nitrogen and oxygen atoms in total. The Morgan fingerprint density at radius 1 is 1.78 bits per heavy atom. The number of carbonyl (C=O) groups is 1. The van der Waals surface area contributed by atoms with E-state index in [1.165, 1.54) is 6.08 Å². The van der Waals surface area contributed by atoms with Crippen LogP contribution in [0.5, 0.6) is 0 Å². The molecule has 0 amide bonds. The third kappa shape index (κ3) is 1.43. The van der Waals surface area contributed by atoms with Crippen LogP contribution >= 0.6 is 0 Å². The van der Waals surface area contributed by atoms with Gasteiger partial charge in [0.05, 0.1) is 0 Å². The lowest BCUT2D eigenvalue weighted by Gasteiger charge is -2.10. The highest BCUT2D eigenvalue weighted by atomic mass is 16.7. The van der Waals surface area contributed by atoms with Crippen LogP contribution in [0, 0.1) is 0 Å². The second kappa shape index (κ2) is 2.50. The van der Waals surface area contributed by atoms with Gasteiger partial charge in [0.2, 0.25) is 0 Å². The Balaban J connectivity index is 2.53. The van der Waals surface area contributed by atoms with Crippen molar-refractivity contribution in [1.82, 2.24) is 0 Å². The number of cyclic esters (lactones) is 2. The van der Waals surface area contributed by atoms with Crippen LogP contribution in [0.3, 0.4) is 0 Å². The van der Waals surface area contributed by atoms with Crippen molar-refractivity contribution in [3.63, 3.8) is 0 Å². The van der Waals surface area contributed by atoms with Crippen LogP contribution in [-0.2, 0) is 9.47 Å². The Kier molecular flexibility index (Phi) is 1.69. The average molecular weight is 130 g/mol. The van der Waals surface area contributed by atoms with Crippen molar-refractivity contribution in [3.8, 4) is 0 Å². The molecule has 1 aliphatic heterocycles. The molecule has 0 atom stereocenters. The number of hydrogen-bond acceptors (Lipinski definition) is 4. The van der Waals surface area contributed by atoms with E-state index >= 15 is 0 Å². The molecule has 0 aromatic heterocycles. The Labute approximate surface area is 51.7 Å². The highest BCUT2D eigenvalue weighted by Crippen LogP contribution is 2.03. The van der Waals surface area contributed by atoms with E-state index in [1.807, 2.05) is 0 Å².